The first-order chi connectivity index (χ1) is 8.16. The second kappa shape index (κ2) is 3.52. The second-order valence-corrected chi connectivity index (χ2v) is 4.26. The number of aromatic amines is 1. The number of hydrogen-bond donors (Lipinski definition) is 1. The highest BCUT2D eigenvalue weighted by Crippen LogP contribution is 2.19. The van der Waals surface area contributed by atoms with Gasteiger partial charge in [0.15, 0.2) is 5.69 Å². The van der Waals surface area contributed by atoms with Crippen LogP contribution >= 0.6 is 15.9 Å². The zero-order chi connectivity index (χ0) is 12.0. The molecule has 0 atom stereocenters. The van der Waals surface area contributed by atoms with Crippen LogP contribution in [0.1, 0.15) is 5.76 Å². The van der Waals surface area contributed by atoms with Crippen molar-refractivity contribution >= 4 is 21.4 Å². The molecule has 0 amide bonds. The van der Waals surface area contributed by atoms with Crippen molar-refractivity contribution in [3.8, 4) is 11.5 Å². The molecule has 86 valence electrons. The fourth-order valence-corrected chi connectivity index (χ4v) is 1.90. The van der Waals surface area contributed by atoms with Gasteiger partial charge in [0.25, 0.3) is 5.56 Å². The van der Waals surface area contributed by atoms with Crippen molar-refractivity contribution in [3.63, 3.8) is 0 Å². The van der Waals surface area contributed by atoms with Gasteiger partial charge in [0.1, 0.15) is 15.7 Å². The minimum absolute atomic E-state index is 0.249. The minimum Gasteiger partial charge on any atom is -0.361 e. The van der Waals surface area contributed by atoms with Gasteiger partial charge < -0.3 is 4.52 Å². The average Bonchev–Trinajstić information content (AvgIpc) is 2.85. The van der Waals surface area contributed by atoms with E-state index in [1.54, 1.807) is 13.0 Å². The highest BCUT2D eigenvalue weighted by molar-refractivity contribution is 9.10. The summed E-state index contributed by atoms with van der Waals surface area (Å²) >= 11 is 3.19. The van der Waals surface area contributed by atoms with Crippen LogP contribution in [-0.2, 0) is 0 Å². The first kappa shape index (κ1) is 10.2. The highest BCUT2D eigenvalue weighted by Gasteiger charge is 2.14. The van der Waals surface area contributed by atoms with Crippen LogP contribution in [0, 0.1) is 6.92 Å². The van der Waals surface area contributed by atoms with E-state index in [0.29, 0.717) is 27.3 Å². The summed E-state index contributed by atoms with van der Waals surface area (Å²) in [7, 11) is 0. The van der Waals surface area contributed by atoms with Gasteiger partial charge in [-0.25, -0.2) is 4.52 Å². The number of hydrogen-bond acceptors (Lipinski definition) is 5. The largest absolute Gasteiger partial charge is 0.361 e. The molecule has 0 aliphatic rings. The van der Waals surface area contributed by atoms with E-state index in [-0.39, 0.29) is 5.56 Å². The van der Waals surface area contributed by atoms with Gasteiger partial charge in [-0.2, -0.15) is 5.10 Å². The monoisotopic (exact) mass is 295 g/mol. The Bertz CT molecular complexity index is 756. The Morgan fingerprint density at radius 3 is 3.06 bits per heavy atom. The van der Waals surface area contributed by atoms with Crippen LogP contribution in [0.3, 0.4) is 0 Å². The van der Waals surface area contributed by atoms with E-state index in [2.05, 4.69) is 36.4 Å². The highest BCUT2D eigenvalue weighted by atomic mass is 79.9. The van der Waals surface area contributed by atoms with E-state index in [4.69, 9.17) is 4.52 Å². The lowest BCUT2D eigenvalue weighted by Gasteiger charge is -1.98. The quantitative estimate of drug-likeness (QED) is 0.727. The Balaban J connectivity index is 2.37. The van der Waals surface area contributed by atoms with Crippen LogP contribution < -0.4 is 5.56 Å². The molecule has 1 N–H and O–H groups in total. The molecule has 0 spiro atoms. The number of halogens is 1. The smallest absolute Gasteiger partial charge is 0.279 e. The van der Waals surface area contributed by atoms with Gasteiger partial charge in [0.05, 0.1) is 6.20 Å². The van der Waals surface area contributed by atoms with E-state index in [1.165, 1.54) is 10.7 Å². The molecule has 0 bridgehead atoms. The Labute approximate surface area is 103 Å². The van der Waals surface area contributed by atoms with Crippen LogP contribution in [-0.4, -0.2) is 25.0 Å². The summed E-state index contributed by atoms with van der Waals surface area (Å²) in [5.74, 6) is 1.08. The van der Waals surface area contributed by atoms with Crippen molar-refractivity contribution in [2.75, 3.05) is 0 Å². The van der Waals surface area contributed by atoms with Crippen LogP contribution in [0.5, 0.6) is 0 Å². The lowest BCUT2D eigenvalue weighted by molar-refractivity contribution is 0.399. The van der Waals surface area contributed by atoms with Crippen molar-refractivity contribution in [1.29, 1.82) is 0 Å². The predicted octanol–water partition coefficient (Wildman–Crippen LogP) is 1.14. The van der Waals surface area contributed by atoms with Gasteiger partial charge in [-0.1, -0.05) is 5.16 Å². The van der Waals surface area contributed by atoms with Crippen LogP contribution in [0.15, 0.2) is 26.1 Å². The predicted molar refractivity (Wildman–Crippen MR) is 61.5 cm³/mol. The summed E-state index contributed by atoms with van der Waals surface area (Å²) < 4.78 is 6.89. The number of H-pyrrole nitrogens is 1. The molecule has 0 unspecified atom stereocenters. The third-order valence-electron chi connectivity index (χ3n) is 2.28. The molecule has 3 heterocycles. The number of aromatic nitrogens is 5. The number of rotatable bonds is 1. The van der Waals surface area contributed by atoms with Gasteiger partial charge in [-0.15, -0.1) is 5.10 Å². The molecule has 17 heavy (non-hydrogen) atoms. The zero-order valence-corrected chi connectivity index (χ0v) is 10.2. The fourth-order valence-electron chi connectivity index (χ4n) is 1.53. The minimum atomic E-state index is -0.249. The standard InChI is InChI=1S/C9H6BrN5O2/c1-4-2-5(14-17-4)8-12-11-3-6-7(10)9(16)13-15(6)8/h2-3H,1H3,(H,13,16). The van der Waals surface area contributed by atoms with Gasteiger partial charge in [-0.05, 0) is 22.9 Å². The van der Waals surface area contributed by atoms with Gasteiger partial charge >= 0.3 is 0 Å². The Hall–Kier alpha value is -1.96. The molecule has 0 aliphatic carbocycles. The van der Waals surface area contributed by atoms with Crippen LogP contribution in [0.25, 0.3) is 17.0 Å². The molecule has 0 radical (unpaired) electrons. The van der Waals surface area contributed by atoms with Crippen molar-refractivity contribution < 1.29 is 4.52 Å². The summed E-state index contributed by atoms with van der Waals surface area (Å²) in [5.41, 5.74) is 0.862. The van der Waals surface area contributed by atoms with Gasteiger partial charge in [0.2, 0.25) is 5.82 Å². The number of fused-ring (bicyclic) bond motifs is 1. The molecular weight excluding hydrogens is 290 g/mol. The number of nitrogens with zero attached hydrogens (tertiary/aromatic N) is 4. The third kappa shape index (κ3) is 1.48. The summed E-state index contributed by atoms with van der Waals surface area (Å²) in [5, 5.41) is 14.2. The SMILES string of the molecule is Cc1cc(-c2nncc3c(Br)c(=O)[nH]n23)no1. The molecule has 0 aliphatic heterocycles. The first-order valence-corrected chi connectivity index (χ1v) is 5.52. The zero-order valence-electron chi connectivity index (χ0n) is 8.64. The molecular formula is C9H6BrN5O2. The van der Waals surface area contributed by atoms with E-state index >= 15 is 0 Å². The first-order valence-electron chi connectivity index (χ1n) is 4.72. The lowest BCUT2D eigenvalue weighted by Crippen LogP contribution is -2.04. The Morgan fingerprint density at radius 1 is 1.53 bits per heavy atom. The average molecular weight is 296 g/mol. The van der Waals surface area contributed by atoms with Crippen molar-refractivity contribution in [2.24, 2.45) is 0 Å². The molecule has 0 fully saturated rings. The van der Waals surface area contributed by atoms with Crippen molar-refractivity contribution in [3.05, 3.63) is 32.8 Å². The third-order valence-corrected chi connectivity index (χ3v) is 3.05. The maximum atomic E-state index is 11.5. The molecule has 7 nitrogen and oxygen atoms in total. The number of aryl methyl sites for hydroxylation is 1. The van der Waals surface area contributed by atoms with Crippen molar-refractivity contribution in [1.82, 2.24) is 25.0 Å². The summed E-state index contributed by atoms with van der Waals surface area (Å²) in [6.45, 7) is 1.78. The molecule has 3 aromatic heterocycles. The van der Waals surface area contributed by atoms with E-state index in [9.17, 15) is 4.79 Å². The van der Waals surface area contributed by atoms with Crippen molar-refractivity contribution in [2.45, 2.75) is 6.92 Å². The maximum absolute atomic E-state index is 11.5. The molecule has 0 aromatic carbocycles. The lowest BCUT2D eigenvalue weighted by atomic mass is 10.3. The van der Waals surface area contributed by atoms with E-state index < -0.39 is 0 Å². The summed E-state index contributed by atoms with van der Waals surface area (Å²) in [4.78, 5) is 11.5. The van der Waals surface area contributed by atoms with Gasteiger partial charge in [0, 0.05) is 6.07 Å². The van der Waals surface area contributed by atoms with Gasteiger partial charge in [-0.3, -0.25) is 9.89 Å². The molecule has 3 aromatic rings. The van der Waals surface area contributed by atoms with Crippen LogP contribution in [0.4, 0.5) is 0 Å². The molecule has 3 rings (SSSR count). The second-order valence-electron chi connectivity index (χ2n) is 3.47. The summed E-state index contributed by atoms with van der Waals surface area (Å²) in [6.07, 6.45) is 1.48. The Morgan fingerprint density at radius 2 is 2.35 bits per heavy atom. The topological polar surface area (TPSA) is 89.1 Å². The molecule has 0 saturated heterocycles. The molecule has 8 heteroatoms. The fraction of sp³-hybridized carbons (Fsp3) is 0.111. The summed E-state index contributed by atoms with van der Waals surface area (Å²) in [6, 6.07) is 1.72. The number of nitrogens with one attached hydrogen (secondary N) is 1. The van der Waals surface area contributed by atoms with Crippen LogP contribution in [0.2, 0.25) is 0 Å². The van der Waals surface area contributed by atoms with E-state index in [1.807, 2.05) is 0 Å². The normalized spacial score (nSPS) is 11.2. The Kier molecular flexibility index (Phi) is 2.11. The van der Waals surface area contributed by atoms with E-state index in [0.717, 1.165) is 0 Å². The maximum Gasteiger partial charge on any atom is 0.279 e. The molecule has 0 saturated carbocycles.